The number of amides is 2. The van der Waals surface area contributed by atoms with E-state index < -0.39 is 29.7 Å². The maximum Gasteiger partial charge on any atom is 0.254 e. The minimum Gasteiger partial charge on any atom is -0.388 e. The van der Waals surface area contributed by atoms with Crippen molar-refractivity contribution in [2.24, 2.45) is 0 Å². The van der Waals surface area contributed by atoms with Gasteiger partial charge in [-0.05, 0) is 55.3 Å². The number of aliphatic hydroxyl groups excluding tert-OH is 1. The van der Waals surface area contributed by atoms with Crippen molar-refractivity contribution in [2.75, 3.05) is 47.0 Å². The molecule has 8 nitrogen and oxygen atoms in total. The van der Waals surface area contributed by atoms with Crippen LogP contribution in [0.5, 0.6) is 0 Å². The fraction of sp³-hybridized carbons (Fsp3) is 0.393. The number of carbonyl (C=O) groups is 3. The van der Waals surface area contributed by atoms with Gasteiger partial charge in [0.2, 0.25) is 0 Å². The Kier molecular flexibility index (Phi) is 9.37. The number of ketones is 1. The number of aliphatic hydroxyl groups is 1. The van der Waals surface area contributed by atoms with Crippen molar-refractivity contribution in [1.82, 2.24) is 15.1 Å². The molecule has 0 unspecified atom stereocenters. The number of likely N-dealkylation sites (N-methyl/N-ethyl adjacent to an activating group) is 2. The lowest BCUT2D eigenvalue weighted by Crippen LogP contribution is -2.62. The Morgan fingerprint density at radius 3 is 2.22 bits per heavy atom. The van der Waals surface area contributed by atoms with E-state index in [0.717, 1.165) is 55.3 Å². The van der Waals surface area contributed by atoms with Gasteiger partial charge in [-0.1, -0.05) is 24.0 Å². The molecule has 2 N–H and O–H groups in total. The van der Waals surface area contributed by atoms with Crippen LogP contribution in [0.2, 0.25) is 0 Å². The fourth-order valence-corrected chi connectivity index (χ4v) is 4.01. The molecule has 2 aromatic rings. The first-order valence-electron chi connectivity index (χ1n) is 11.9. The molecule has 1 fully saturated rings. The van der Waals surface area contributed by atoms with E-state index in [2.05, 4.69) is 34.2 Å². The first kappa shape index (κ1) is 27.1. The molecule has 0 aromatic heterocycles. The number of hydrogen-bond donors (Lipinski definition) is 2. The van der Waals surface area contributed by atoms with Crippen LogP contribution in [-0.2, 0) is 20.9 Å². The van der Waals surface area contributed by atoms with Gasteiger partial charge in [-0.3, -0.25) is 19.3 Å². The third kappa shape index (κ3) is 6.38. The summed E-state index contributed by atoms with van der Waals surface area (Å²) in [5.41, 5.74) is 1.32. The van der Waals surface area contributed by atoms with Gasteiger partial charge in [-0.25, -0.2) is 0 Å². The first-order valence-corrected chi connectivity index (χ1v) is 11.9. The molecular weight excluding hydrogens is 458 g/mol. The molecule has 2 aromatic carbocycles. The molecule has 190 valence electrons. The number of nitrogens with zero attached hydrogens (tertiary/aromatic N) is 2. The van der Waals surface area contributed by atoms with E-state index in [0.29, 0.717) is 5.56 Å². The van der Waals surface area contributed by atoms with Gasteiger partial charge in [0.1, 0.15) is 6.61 Å². The van der Waals surface area contributed by atoms with Gasteiger partial charge in [0.05, 0.1) is 6.61 Å². The Bertz CT molecular complexity index is 1110. The molecule has 1 atom stereocenters. The van der Waals surface area contributed by atoms with E-state index in [1.807, 2.05) is 12.1 Å². The van der Waals surface area contributed by atoms with Crippen molar-refractivity contribution < 1.29 is 24.2 Å². The molecule has 2 amide bonds. The molecule has 0 spiro atoms. The highest BCUT2D eigenvalue weighted by Crippen LogP contribution is 2.19. The monoisotopic (exact) mass is 491 g/mol. The van der Waals surface area contributed by atoms with Gasteiger partial charge < -0.3 is 20.1 Å². The third-order valence-electron chi connectivity index (χ3n) is 6.49. The van der Waals surface area contributed by atoms with Gasteiger partial charge >= 0.3 is 0 Å². The molecule has 8 heteroatoms. The summed E-state index contributed by atoms with van der Waals surface area (Å²) in [6.07, 6.45) is 1.05. The van der Waals surface area contributed by atoms with E-state index in [9.17, 15) is 19.5 Å². The number of Topliss-reactive ketones (excluding diaryl/α,β-unsaturated/α-hetero) is 1. The van der Waals surface area contributed by atoms with Crippen LogP contribution in [0.4, 0.5) is 0 Å². The summed E-state index contributed by atoms with van der Waals surface area (Å²) < 4.78 is 5.51. The van der Waals surface area contributed by atoms with Crippen LogP contribution < -0.4 is 5.32 Å². The molecular formula is C28H33N3O5. The smallest absolute Gasteiger partial charge is 0.254 e. The zero-order valence-electron chi connectivity index (χ0n) is 21.0. The van der Waals surface area contributed by atoms with Gasteiger partial charge in [0.25, 0.3) is 11.8 Å². The lowest BCUT2D eigenvalue weighted by molar-refractivity contribution is -0.143. The Hall–Kier alpha value is -3.51. The average molecular weight is 492 g/mol. The van der Waals surface area contributed by atoms with Gasteiger partial charge in [-0.2, -0.15) is 0 Å². The predicted molar refractivity (Wildman–Crippen MR) is 136 cm³/mol. The van der Waals surface area contributed by atoms with E-state index in [4.69, 9.17) is 4.74 Å². The van der Waals surface area contributed by atoms with Gasteiger partial charge in [0.15, 0.2) is 11.3 Å². The second-order valence-electron chi connectivity index (χ2n) is 8.86. The normalized spacial score (nSPS) is 15.6. The molecule has 3 rings (SSSR count). The summed E-state index contributed by atoms with van der Waals surface area (Å²) in [5, 5.41) is 11.7. The van der Waals surface area contributed by atoms with Crippen molar-refractivity contribution in [3.8, 4) is 11.8 Å². The van der Waals surface area contributed by atoms with Crippen molar-refractivity contribution in [3.05, 3.63) is 70.8 Å². The molecule has 0 aliphatic carbocycles. The second kappa shape index (κ2) is 12.5. The molecule has 1 saturated heterocycles. The molecule has 1 aliphatic heterocycles. The molecule has 36 heavy (non-hydrogen) atoms. The Morgan fingerprint density at radius 1 is 1.03 bits per heavy atom. The molecule has 0 saturated carbocycles. The van der Waals surface area contributed by atoms with Gasteiger partial charge in [-0.15, -0.1) is 0 Å². The summed E-state index contributed by atoms with van der Waals surface area (Å²) in [5.74, 6) is 4.27. The lowest BCUT2D eigenvalue weighted by Gasteiger charge is -2.35. The van der Waals surface area contributed by atoms with Crippen molar-refractivity contribution in [2.45, 2.75) is 25.4 Å². The van der Waals surface area contributed by atoms with Crippen LogP contribution in [0, 0.1) is 11.8 Å². The van der Waals surface area contributed by atoms with Crippen LogP contribution in [-0.4, -0.2) is 85.0 Å². The number of carbonyl (C=O) groups excluding carboxylic acids is 3. The maximum atomic E-state index is 13.0. The van der Waals surface area contributed by atoms with Crippen LogP contribution in [0.25, 0.3) is 0 Å². The average Bonchev–Trinajstić information content (AvgIpc) is 3.19. The quantitative estimate of drug-likeness (QED) is 0.449. The second-order valence-corrected chi connectivity index (χ2v) is 8.86. The number of ether oxygens (including phenoxy) is 1. The van der Waals surface area contributed by atoms with Crippen LogP contribution in [0.15, 0.2) is 48.5 Å². The SMILES string of the molecule is CNC(=O)[C@](C)(C(=O)CO)N(C)C(=O)c1ccc(C#Cc2ccc(CN3CCCOCC3)cc2)cc1. The van der Waals surface area contributed by atoms with Crippen molar-refractivity contribution in [3.63, 3.8) is 0 Å². The predicted octanol–water partition coefficient (Wildman–Crippen LogP) is 1.45. The number of hydrogen-bond acceptors (Lipinski definition) is 6. The summed E-state index contributed by atoms with van der Waals surface area (Å²) in [6.45, 7) is 4.94. The van der Waals surface area contributed by atoms with Gasteiger partial charge in [0, 0.05) is 57.0 Å². The minimum atomic E-state index is -1.83. The number of rotatable bonds is 7. The summed E-state index contributed by atoms with van der Waals surface area (Å²) in [6, 6.07) is 14.8. The minimum absolute atomic E-state index is 0.298. The van der Waals surface area contributed by atoms with E-state index >= 15 is 0 Å². The molecule has 0 radical (unpaired) electrons. The number of nitrogens with one attached hydrogen (secondary N) is 1. The first-order chi connectivity index (χ1) is 17.3. The summed E-state index contributed by atoms with van der Waals surface area (Å²) in [7, 11) is 2.74. The Morgan fingerprint density at radius 2 is 1.64 bits per heavy atom. The standard InChI is InChI=1S/C28H33N3O5/c1-28(25(33)20-32,27(35)29-2)30(3)26(34)24-13-11-22(12-14-24)6-5-21-7-9-23(10-8-21)19-31-15-4-17-36-18-16-31/h7-14,32H,4,15-20H2,1-3H3,(H,29,35)/t28-/m0/s1. The van der Waals surface area contributed by atoms with Crippen LogP contribution >= 0.6 is 0 Å². The Labute approximate surface area is 212 Å². The van der Waals surface area contributed by atoms with Crippen LogP contribution in [0.1, 0.15) is 40.4 Å². The van der Waals surface area contributed by atoms with E-state index in [-0.39, 0.29) is 0 Å². The van der Waals surface area contributed by atoms with Crippen molar-refractivity contribution in [1.29, 1.82) is 0 Å². The highest BCUT2D eigenvalue weighted by Gasteiger charge is 2.46. The lowest BCUT2D eigenvalue weighted by atomic mass is 9.92. The molecule has 1 heterocycles. The summed E-state index contributed by atoms with van der Waals surface area (Å²) in [4.78, 5) is 41.1. The third-order valence-corrected chi connectivity index (χ3v) is 6.49. The zero-order chi connectivity index (χ0) is 26.1. The highest BCUT2D eigenvalue weighted by atomic mass is 16.5. The topological polar surface area (TPSA) is 99.2 Å². The van der Waals surface area contributed by atoms with E-state index in [1.165, 1.54) is 26.6 Å². The molecule has 0 bridgehead atoms. The van der Waals surface area contributed by atoms with Crippen molar-refractivity contribution >= 4 is 17.6 Å². The zero-order valence-corrected chi connectivity index (χ0v) is 21.0. The largest absolute Gasteiger partial charge is 0.388 e. The van der Waals surface area contributed by atoms with Crippen LogP contribution in [0.3, 0.4) is 0 Å². The number of benzene rings is 2. The highest BCUT2D eigenvalue weighted by molar-refractivity contribution is 6.14. The Balaban J connectivity index is 1.66. The summed E-state index contributed by atoms with van der Waals surface area (Å²) >= 11 is 0. The molecule has 1 aliphatic rings. The van der Waals surface area contributed by atoms with E-state index in [1.54, 1.807) is 24.3 Å². The fourth-order valence-electron chi connectivity index (χ4n) is 4.01. The maximum absolute atomic E-state index is 13.0.